The maximum Gasteiger partial charge on any atom is 0.416 e. The van der Waals surface area contributed by atoms with E-state index >= 15 is 0 Å². The van der Waals surface area contributed by atoms with E-state index < -0.39 is 11.7 Å². The number of alkyl halides is 3. The summed E-state index contributed by atoms with van der Waals surface area (Å²) in [5.74, 6) is 0. The van der Waals surface area contributed by atoms with Crippen LogP contribution in [0.1, 0.15) is 5.56 Å². The molecule has 0 aliphatic carbocycles. The van der Waals surface area contributed by atoms with Crippen molar-refractivity contribution in [3.8, 4) is 33.4 Å². The van der Waals surface area contributed by atoms with E-state index in [-0.39, 0.29) is 0 Å². The van der Waals surface area contributed by atoms with E-state index in [0.717, 1.165) is 45.2 Å². The van der Waals surface area contributed by atoms with Gasteiger partial charge in [0.05, 0.1) is 5.56 Å². The van der Waals surface area contributed by atoms with E-state index in [9.17, 15) is 13.2 Å². The predicted octanol–water partition coefficient (Wildman–Crippen LogP) is 10.0. The van der Waals surface area contributed by atoms with E-state index in [1.165, 1.54) is 34.0 Å². The highest BCUT2D eigenvalue weighted by atomic mass is 19.4. The van der Waals surface area contributed by atoms with Crippen LogP contribution in [0.15, 0.2) is 127 Å². The van der Waals surface area contributed by atoms with Crippen LogP contribution in [0.5, 0.6) is 0 Å². The van der Waals surface area contributed by atoms with Crippen molar-refractivity contribution in [2.45, 2.75) is 6.18 Å². The van der Waals surface area contributed by atoms with Gasteiger partial charge in [0, 0.05) is 0 Å². The molecule has 6 aromatic carbocycles. The third-order valence-electron chi connectivity index (χ3n) is 6.70. The van der Waals surface area contributed by atoms with Gasteiger partial charge in [-0.2, -0.15) is 13.2 Å². The monoisotopic (exact) mass is 474 g/mol. The molecule has 0 nitrogen and oxygen atoms in total. The van der Waals surface area contributed by atoms with Crippen molar-refractivity contribution >= 4 is 21.5 Å². The predicted molar refractivity (Wildman–Crippen MR) is 143 cm³/mol. The zero-order valence-electron chi connectivity index (χ0n) is 19.3. The summed E-state index contributed by atoms with van der Waals surface area (Å²) in [5.41, 5.74) is 5.66. The minimum absolute atomic E-state index is 0.636. The molecule has 174 valence electrons. The topological polar surface area (TPSA) is 0 Å². The summed E-state index contributed by atoms with van der Waals surface area (Å²) in [4.78, 5) is 0. The summed E-state index contributed by atoms with van der Waals surface area (Å²) < 4.78 is 38.6. The van der Waals surface area contributed by atoms with Crippen molar-refractivity contribution in [3.05, 3.63) is 133 Å². The highest BCUT2D eigenvalue weighted by molar-refractivity contribution is 5.97. The molecular formula is C33H21F3. The van der Waals surface area contributed by atoms with Gasteiger partial charge in [-0.15, -0.1) is 0 Å². The van der Waals surface area contributed by atoms with Crippen molar-refractivity contribution in [2.24, 2.45) is 0 Å². The molecule has 0 heterocycles. The van der Waals surface area contributed by atoms with Crippen LogP contribution in [0.4, 0.5) is 13.2 Å². The van der Waals surface area contributed by atoms with Crippen LogP contribution in [0.2, 0.25) is 0 Å². The second-order valence-electron chi connectivity index (χ2n) is 8.96. The van der Waals surface area contributed by atoms with Crippen LogP contribution < -0.4 is 0 Å². The number of benzene rings is 6. The first-order chi connectivity index (χ1) is 17.5. The third-order valence-corrected chi connectivity index (χ3v) is 6.70. The molecule has 0 aliphatic rings. The molecule has 6 aromatic rings. The minimum Gasteiger partial charge on any atom is -0.166 e. The molecule has 0 unspecified atom stereocenters. The molecule has 6 rings (SSSR count). The van der Waals surface area contributed by atoms with Crippen LogP contribution in [0.25, 0.3) is 54.9 Å². The van der Waals surface area contributed by atoms with Crippen molar-refractivity contribution in [3.63, 3.8) is 0 Å². The van der Waals surface area contributed by atoms with Gasteiger partial charge in [0.15, 0.2) is 0 Å². The fourth-order valence-electron chi connectivity index (χ4n) is 4.78. The van der Waals surface area contributed by atoms with Gasteiger partial charge in [-0.3, -0.25) is 0 Å². The summed E-state index contributed by atoms with van der Waals surface area (Å²) in [6.07, 6.45) is -4.33. The maximum absolute atomic E-state index is 12.9. The Hall–Kier alpha value is -4.37. The zero-order valence-corrected chi connectivity index (χ0v) is 19.3. The van der Waals surface area contributed by atoms with E-state index in [1.807, 2.05) is 18.2 Å². The Morgan fingerprint density at radius 3 is 1.50 bits per heavy atom. The highest BCUT2D eigenvalue weighted by Gasteiger charge is 2.29. The summed E-state index contributed by atoms with van der Waals surface area (Å²) >= 11 is 0. The van der Waals surface area contributed by atoms with Gasteiger partial charge in [0.1, 0.15) is 0 Å². The van der Waals surface area contributed by atoms with Gasteiger partial charge in [-0.1, -0.05) is 103 Å². The molecule has 0 N–H and O–H groups in total. The molecule has 0 aromatic heterocycles. The summed E-state index contributed by atoms with van der Waals surface area (Å²) in [7, 11) is 0. The molecule has 0 radical (unpaired) electrons. The minimum atomic E-state index is -4.33. The molecular weight excluding hydrogens is 453 g/mol. The number of rotatable bonds is 3. The Morgan fingerprint density at radius 2 is 0.889 bits per heavy atom. The maximum atomic E-state index is 12.9. The number of fused-ring (bicyclic) bond motifs is 2. The summed E-state index contributed by atoms with van der Waals surface area (Å²) in [5, 5.41) is 4.59. The fraction of sp³-hybridized carbons (Fsp3) is 0.0303. The first-order valence-electron chi connectivity index (χ1n) is 11.8. The van der Waals surface area contributed by atoms with Crippen LogP contribution >= 0.6 is 0 Å². The largest absolute Gasteiger partial charge is 0.416 e. The number of hydrogen-bond acceptors (Lipinski definition) is 0. The van der Waals surface area contributed by atoms with Gasteiger partial charge in [0.2, 0.25) is 0 Å². The smallest absolute Gasteiger partial charge is 0.166 e. The van der Waals surface area contributed by atoms with E-state index in [1.54, 1.807) is 0 Å². The van der Waals surface area contributed by atoms with Crippen molar-refractivity contribution in [1.29, 1.82) is 0 Å². The first-order valence-corrected chi connectivity index (χ1v) is 11.8. The zero-order chi connectivity index (χ0) is 24.7. The average molecular weight is 475 g/mol. The molecule has 0 aliphatic heterocycles. The molecule has 0 bridgehead atoms. The van der Waals surface area contributed by atoms with E-state index in [2.05, 4.69) is 84.9 Å². The summed E-state index contributed by atoms with van der Waals surface area (Å²) in [6.45, 7) is 0. The molecule has 3 heteroatoms. The molecule has 36 heavy (non-hydrogen) atoms. The Labute approximate surface area is 207 Å². The second kappa shape index (κ2) is 8.69. The van der Waals surface area contributed by atoms with Gasteiger partial charge in [-0.25, -0.2) is 0 Å². The first kappa shape index (κ1) is 22.1. The highest BCUT2D eigenvalue weighted by Crippen LogP contribution is 2.34. The van der Waals surface area contributed by atoms with Crippen LogP contribution in [-0.4, -0.2) is 0 Å². The Bertz CT molecular complexity index is 1690. The van der Waals surface area contributed by atoms with Crippen molar-refractivity contribution < 1.29 is 13.2 Å². The Kier molecular flexibility index (Phi) is 5.34. The van der Waals surface area contributed by atoms with E-state index in [0.29, 0.717) is 0 Å². The standard InChI is InChI=1S/C33H21F3/c34-33(35,36)30-18-16-23(17-19-30)27-13-15-28-20-26(12-14-29(28)21-27)22-8-10-25(11-9-22)32-7-3-5-24-4-1-2-6-31(24)32/h1-21H. The summed E-state index contributed by atoms with van der Waals surface area (Å²) in [6, 6.07) is 41.0. The van der Waals surface area contributed by atoms with E-state index in [4.69, 9.17) is 0 Å². The molecule has 0 saturated carbocycles. The number of hydrogen-bond donors (Lipinski definition) is 0. The van der Waals surface area contributed by atoms with Crippen molar-refractivity contribution in [1.82, 2.24) is 0 Å². The fourth-order valence-corrected chi connectivity index (χ4v) is 4.78. The molecule has 0 saturated heterocycles. The lowest BCUT2D eigenvalue weighted by Crippen LogP contribution is -2.03. The average Bonchev–Trinajstić information content (AvgIpc) is 2.92. The SMILES string of the molecule is FC(F)(F)c1ccc(-c2ccc3cc(-c4ccc(-c5cccc6ccccc56)cc4)ccc3c2)cc1. The molecule has 0 spiro atoms. The lowest BCUT2D eigenvalue weighted by Gasteiger charge is -2.10. The lowest BCUT2D eigenvalue weighted by molar-refractivity contribution is -0.137. The lowest BCUT2D eigenvalue weighted by atomic mass is 9.95. The van der Waals surface area contributed by atoms with Crippen LogP contribution in [0.3, 0.4) is 0 Å². The Balaban J connectivity index is 1.29. The van der Waals surface area contributed by atoms with Gasteiger partial charge in [0.25, 0.3) is 0 Å². The molecule has 0 amide bonds. The second-order valence-corrected chi connectivity index (χ2v) is 8.96. The van der Waals surface area contributed by atoms with Crippen molar-refractivity contribution in [2.75, 3.05) is 0 Å². The van der Waals surface area contributed by atoms with Crippen LogP contribution in [-0.2, 0) is 6.18 Å². The Morgan fingerprint density at radius 1 is 0.389 bits per heavy atom. The normalized spacial score (nSPS) is 11.8. The molecule has 0 fully saturated rings. The number of halogens is 3. The van der Waals surface area contributed by atoms with Gasteiger partial charge < -0.3 is 0 Å². The molecule has 0 atom stereocenters. The van der Waals surface area contributed by atoms with Crippen LogP contribution in [0, 0.1) is 0 Å². The van der Waals surface area contributed by atoms with Gasteiger partial charge >= 0.3 is 6.18 Å². The van der Waals surface area contributed by atoms with Gasteiger partial charge in [-0.05, 0) is 79.2 Å². The third kappa shape index (κ3) is 4.14. The quantitative estimate of drug-likeness (QED) is 0.239.